The summed E-state index contributed by atoms with van der Waals surface area (Å²) in [6.45, 7) is 1.96. The van der Waals surface area contributed by atoms with Gasteiger partial charge in [-0.3, -0.25) is 4.79 Å². The van der Waals surface area contributed by atoms with E-state index < -0.39 is 5.91 Å². The second-order valence-corrected chi connectivity index (χ2v) is 8.26. The number of nitrogens with zero attached hydrogens (tertiary/aromatic N) is 3. The van der Waals surface area contributed by atoms with Crippen molar-refractivity contribution in [3.63, 3.8) is 0 Å². The standard InChI is InChI=1S/C25H28N6O2/c1-2-21-24(27-18-11-13-19(31-33)14-12-18)30-25(22(29-21)23(26)32)28-20-10-9-16-7-5-3-4-6-8-17(16)15-20/h3-10,15,18-19H,2,11-14H2,1H3,(H2,26,32)(H2,27,28,30)/b4-3+,5-3?,6-4?,7-5?,8-6-,16-7?,17-8?. The van der Waals surface area contributed by atoms with Gasteiger partial charge in [-0.15, -0.1) is 0 Å². The fourth-order valence-electron chi connectivity index (χ4n) is 4.14. The molecule has 2 aromatic rings. The molecule has 170 valence electrons. The zero-order valence-electron chi connectivity index (χ0n) is 18.6. The van der Waals surface area contributed by atoms with Crippen molar-refractivity contribution in [2.45, 2.75) is 51.1 Å². The third kappa shape index (κ3) is 5.34. The van der Waals surface area contributed by atoms with Crippen LogP contribution in [0.1, 0.15) is 59.9 Å². The monoisotopic (exact) mass is 444 g/mol. The van der Waals surface area contributed by atoms with Gasteiger partial charge in [-0.25, -0.2) is 9.97 Å². The smallest absolute Gasteiger partial charge is 0.271 e. The highest BCUT2D eigenvalue weighted by molar-refractivity contribution is 5.96. The van der Waals surface area contributed by atoms with Gasteiger partial charge in [0.25, 0.3) is 5.91 Å². The average Bonchev–Trinajstić information content (AvgIpc) is 2.80. The summed E-state index contributed by atoms with van der Waals surface area (Å²) in [5, 5.41) is 9.88. The number of primary amides is 1. The maximum atomic E-state index is 12.2. The zero-order valence-corrected chi connectivity index (χ0v) is 18.6. The number of carbonyl (C=O) groups excluding carboxylic acids is 1. The summed E-state index contributed by atoms with van der Waals surface area (Å²) in [6, 6.07) is 6.01. The molecule has 8 nitrogen and oxygen atoms in total. The molecule has 2 aliphatic carbocycles. The number of carbonyl (C=O) groups is 1. The zero-order chi connectivity index (χ0) is 23.2. The maximum Gasteiger partial charge on any atom is 0.271 e. The number of hydrogen-bond donors (Lipinski definition) is 3. The Labute approximate surface area is 193 Å². The summed E-state index contributed by atoms with van der Waals surface area (Å²) in [4.78, 5) is 32.2. The number of nitroso groups, excluding NO2 is 1. The number of nitrogens with two attached hydrogens (primary N) is 1. The van der Waals surface area contributed by atoms with E-state index in [2.05, 4.69) is 20.8 Å². The third-order valence-corrected chi connectivity index (χ3v) is 5.96. The molecule has 4 rings (SSSR count). The lowest BCUT2D eigenvalue weighted by Gasteiger charge is -2.27. The van der Waals surface area contributed by atoms with Crippen LogP contribution in [0.15, 0.2) is 47.7 Å². The van der Waals surface area contributed by atoms with E-state index in [4.69, 9.17) is 10.7 Å². The van der Waals surface area contributed by atoms with Gasteiger partial charge in [0, 0.05) is 11.7 Å². The molecule has 1 saturated carbocycles. The summed E-state index contributed by atoms with van der Waals surface area (Å²) in [5.41, 5.74) is 9.33. The molecule has 8 heteroatoms. The van der Waals surface area contributed by atoms with E-state index in [0.717, 1.165) is 42.5 Å². The van der Waals surface area contributed by atoms with Crippen LogP contribution in [0.4, 0.5) is 17.3 Å². The van der Waals surface area contributed by atoms with Gasteiger partial charge in [-0.05, 0) is 55.4 Å². The average molecular weight is 445 g/mol. The molecule has 0 aliphatic heterocycles. The molecule has 0 atom stereocenters. The molecule has 0 radical (unpaired) electrons. The van der Waals surface area contributed by atoms with E-state index in [1.807, 2.05) is 61.6 Å². The van der Waals surface area contributed by atoms with Crippen LogP contribution in [0.25, 0.3) is 12.2 Å². The van der Waals surface area contributed by atoms with E-state index in [1.54, 1.807) is 0 Å². The Bertz CT molecular complexity index is 1130. The first-order chi connectivity index (χ1) is 16.1. The molecule has 1 aromatic carbocycles. The largest absolute Gasteiger partial charge is 0.366 e. The molecule has 1 aromatic heterocycles. The molecular formula is C25H28N6O2. The molecule has 0 saturated heterocycles. The van der Waals surface area contributed by atoms with Crippen LogP contribution in [0, 0.1) is 4.91 Å². The molecule has 2 aliphatic rings. The molecule has 1 fully saturated rings. The Morgan fingerprint density at radius 2 is 1.76 bits per heavy atom. The lowest BCUT2D eigenvalue weighted by Crippen LogP contribution is -2.29. The lowest BCUT2D eigenvalue weighted by molar-refractivity contribution is 0.0996. The molecule has 1 amide bonds. The van der Waals surface area contributed by atoms with Crippen molar-refractivity contribution >= 4 is 35.4 Å². The van der Waals surface area contributed by atoms with Crippen molar-refractivity contribution in [2.75, 3.05) is 10.6 Å². The second-order valence-electron chi connectivity index (χ2n) is 8.26. The van der Waals surface area contributed by atoms with Gasteiger partial charge in [0.1, 0.15) is 5.82 Å². The fraction of sp³-hybridized carbons (Fsp3) is 0.320. The fourth-order valence-corrected chi connectivity index (χ4v) is 4.14. The first kappa shape index (κ1) is 22.4. The first-order valence-corrected chi connectivity index (χ1v) is 11.3. The molecule has 1 heterocycles. The van der Waals surface area contributed by atoms with Gasteiger partial charge in [-0.1, -0.05) is 54.6 Å². The minimum atomic E-state index is -0.636. The topological polar surface area (TPSA) is 122 Å². The summed E-state index contributed by atoms with van der Waals surface area (Å²) < 4.78 is 0. The lowest BCUT2D eigenvalue weighted by atomic mass is 9.92. The minimum Gasteiger partial charge on any atom is -0.366 e. The van der Waals surface area contributed by atoms with Gasteiger partial charge in [0.15, 0.2) is 11.5 Å². The maximum absolute atomic E-state index is 12.2. The highest BCUT2D eigenvalue weighted by Crippen LogP contribution is 2.28. The van der Waals surface area contributed by atoms with Crippen LogP contribution in [-0.4, -0.2) is 28.0 Å². The summed E-state index contributed by atoms with van der Waals surface area (Å²) in [6.07, 6.45) is 15.8. The van der Waals surface area contributed by atoms with E-state index in [-0.39, 0.29) is 17.8 Å². The molecule has 0 bridgehead atoms. The quantitative estimate of drug-likeness (QED) is 0.518. The Morgan fingerprint density at radius 3 is 2.42 bits per heavy atom. The van der Waals surface area contributed by atoms with Gasteiger partial charge in [-0.2, -0.15) is 4.91 Å². The van der Waals surface area contributed by atoms with Crippen molar-refractivity contribution in [3.8, 4) is 0 Å². The van der Waals surface area contributed by atoms with E-state index in [1.165, 1.54) is 0 Å². The number of anilines is 3. The highest BCUT2D eigenvalue weighted by atomic mass is 16.3. The van der Waals surface area contributed by atoms with Crippen molar-refractivity contribution in [1.29, 1.82) is 0 Å². The number of fused-ring (bicyclic) bond motifs is 1. The van der Waals surface area contributed by atoms with Gasteiger partial charge in [0.05, 0.1) is 11.7 Å². The van der Waals surface area contributed by atoms with Crippen LogP contribution < -0.4 is 16.4 Å². The minimum absolute atomic E-state index is 0.105. The van der Waals surface area contributed by atoms with E-state index >= 15 is 0 Å². The Kier molecular flexibility index (Phi) is 6.92. The Balaban J connectivity index is 1.63. The van der Waals surface area contributed by atoms with Crippen LogP contribution in [0.5, 0.6) is 0 Å². The van der Waals surface area contributed by atoms with Gasteiger partial charge in [0.2, 0.25) is 0 Å². The molecular weight excluding hydrogens is 416 g/mol. The SMILES string of the molecule is CCc1nc(C(N)=O)c(Nc2ccc3c(c2)/C=C\C=C\C=C3)nc1NC1CCC(N=O)CC1. The van der Waals surface area contributed by atoms with Crippen molar-refractivity contribution < 1.29 is 4.79 Å². The van der Waals surface area contributed by atoms with Crippen LogP contribution in [0.2, 0.25) is 0 Å². The first-order valence-electron chi connectivity index (χ1n) is 11.3. The molecule has 4 N–H and O–H groups in total. The number of benzene rings is 1. The highest BCUT2D eigenvalue weighted by Gasteiger charge is 2.24. The van der Waals surface area contributed by atoms with Crippen molar-refractivity contribution in [1.82, 2.24) is 9.97 Å². The predicted molar refractivity (Wildman–Crippen MR) is 132 cm³/mol. The number of nitrogens with one attached hydrogen (secondary N) is 2. The number of aryl methyl sites for hydroxylation is 1. The predicted octanol–water partition coefficient (Wildman–Crippen LogP) is 4.97. The van der Waals surface area contributed by atoms with Gasteiger partial charge >= 0.3 is 0 Å². The third-order valence-electron chi connectivity index (χ3n) is 5.96. The Hall–Kier alpha value is -3.81. The van der Waals surface area contributed by atoms with E-state index in [0.29, 0.717) is 23.8 Å². The number of amides is 1. The summed E-state index contributed by atoms with van der Waals surface area (Å²) >= 11 is 0. The molecule has 33 heavy (non-hydrogen) atoms. The second kappa shape index (κ2) is 10.2. The van der Waals surface area contributed by atoms with Crippen LogP contribution in [0.3, 0.4) is 0 Å². The van der Waals surface area contributed by atoms with E-state index in [9.17, 15) is 9.70 Å². The van der Waals surface area contributed by atoms with Crippen molar-refractivity contribution in [3.05, 3.63) is 69.9 Å². The van der Waals surface area contributed by atoms with Gasteiger partial charge < -0.3 is 16.4 Å². The van der Waals surface area contributed by atoms with Crippen LogP contribution >= 0.6 is 0 Å². The molecule has 0 spiro atoms. The number of hydrogen-bond acceptors (Lipinski definition) is 7. The number of rotatable bonds is 7. The molecule has 0 unspecified atom stereocenters. The Morgan fingerprint density at radius 1 is 1.03 bits per heavy atom. The summed E-state index contributed by atoms with van der Waals surface area (Å²) in [5.74, 6) is 0.311. The number of aromatic nitrogens is 2. The van der Waals surface area contributed by atoms with Crippen LogP contribution in [-0.2, 0) is 6.42 Å². The van der Waals surface area contributed by atoms with Crippen molar-refractivity contribution in [2.24, 2.45) is 10.9 Å². The number of allylic oxidation sites excluding steroid dienone is 4. The normalized spacial score (nSPS) is 21.2. The summed E-state index contributed by atoms with van der Waals surface area (Å²) in [7, 11) is 0.